The molecular weight excluding hydrogens is 289 g/mol. The number of benzene rings is 2. The molecule has 0 fully saturated rings. The van der Waals surface area contributed by atoms with Gasteiger partial charge < -0.3 is 4.74 Å². The van der Waals surface area contributed by atoms with Crippen molar-refractivity contribution in [2.45, 2.75) is 6.92 Å². The summed E-state index contributed by atoms with van der Waals surface area (Å²) in [5.41, 5.74) is 0.528. The summed E-state index contributed by atoms with van der Waals surface area (Å²) in [6.07, 6.45) is 0. The lowest BCUT2D eigenvalue weighted by atomic mass is 10.2. The van der Waals surface area contributed by atoms with Crippen molar-refractivity contribution in [3.8, 4) is 11.5 Å². The van der Waals surface area contributed by atoms with Crippen LogP contribution in [0.4, 0.5) is 5.69 Å². The van der Waals surface area contributed by atoms with E-state index in [1.54, 1.807) is 31.2 Å². The summed E-state index contributed by atoms with van der Waals surface area (Å²) in [6, 6.07) is 9.56. The Hall–Kier alpha value is -1.78. The molecule has 19 heavy (non-hydrogen) atoms. The Bertz CT molecular complexity index is 644. The predicted molar refractivity (Wildman–Crippen MR) is 74.4 cm³/mol. The molecule has 0 aliphatic carbocycles. The van der Waals surface area contributed by atoms with Gasteiger partial charge in [0, 0.05) is 5.02 Å². The van der Waals surface area contributed by atoms with Crippen molar-refractivity contribution < 1.29 is 9.66 Å². The maximum atomic E-state index is 11.0. The highest BCUT2D eigenvalue weighted by Gasteiger charge is 2.20. The SMILES string of the molecule is Cc1cc(Cl)ccc1Oc1cccc(Cl)c1[N+](=O)[O-]. The number of hydrogen-bond donors (Lipinski definition) is 0. The molecule has 2 rings (SSSR count). The van der Waals surface area contributed by atoms with Gasteiger partial charge in [-0.25, -0.2) is 0 Å². The Balaban J connectivity index is 2.44. The number of para-hydroxylation sites is 1. The molecular formula is C13H9Cl2NO3. The maximum absolute atomic E-state index is 11.0. The summed E-state index contributed by atoms with van der Waals surface area (Å²) in [5, 5.41) is 11.6. The second kappa shape index (κ2) is 5.47. The lowest BCUT2D eigenvalue weighted by Gasteiger charge is -2.09. The van der Waals surface area contributed by atoms with E-state index in [4.69, 9.17) is 27.9 Å². The highest BCUT2D eigenvalue weighted by Crippen LogP contribution is 2.38. The molecule has 0 amide bonds. The second-order valence-corrected chi connectivity index (χ2v) is 4.70. The lowest BCUT2D eigenvalue weighted by Crippen LogP contribution is -1.95. The number of ether oxygens (including phenoxy) is 1. The topological polar surface area (TPSA) is 52.4 Å². The molecule has 0 aliphatic heterocycles. The zero-order valence-corrected chi connectivity index (χ0v) is 11.4. The van der Waals surface area contributed by atoms with E-state index in [9.17, 15) is 10.1 Å². The smallest absolute Gasteiger partial charge is 0.329 e. The van der Waals surface area contributed by atoms with Gasteiger partial charge in [-0.05, 0) is 42.8 Å². The van der Waals surface area contributed by atoms with E-state index in [2.05, 4.69) is 0 Å². The van der Waals surface area contributed by atoms with Crippen molar-refractivity contribution in [1.82, 2.24) is 0 Å². The van der Waals surface area contributed by atoms with Crippen molar-refractivity contribution >= 4 is 28.9 Å². The van der Waals surface area contributed by atoms with E-state index in [-0.39, 0.29) is 16.5 Å². The van der Waals surface area contributed by atoms with Crippen LogP contribution in [-0.4, -0.2) is 4.92 Å². The summed E-state index contributed by atoms with van der Waals surface area (Å²) in [7, 11) is 0. The maximum Gasteiger partial charge on any atom is 0.329 e. The van der Waals surface area contributed by atoms with Gasteiger partial charge in [0.15, 0.2) is 0 Å². The summed E-state index contributed by atoms with van der Waals surface area (Å²) in [5.74, 6) is 0.595. The molecule has 0 heterocycles. The van der Waals surface area contributed by atoms with Gasteiger partial charge in [-0.15, -0.1) is 0 Å². The molecule has 0 N–H and O–H groups in total. The van der Waals surface area contributed by atoms with Crippen LogP contribution >= 0.6 is 23.2 Å². The quantitative estimate of drug-likeness (QED) is 0.591. The largest absolute Gasteiger partial charge is 0.450 e. The lowest BCUT2D eigenvalue weighted by molar-refractivity contribution is -0.385. The summed E-state index contributed by atoms with van der Waals surface area (Å²) < 4.78 is 5.55. The minimum atomic E-state index is -0.567. The summed E-state index contributed by atoms with van der Waals surface area (Å²) >= 11 is 11.7. The molecule has 98 valence electrons. The fraction of sp³-hybridized carbons (Fsp3) is 0.0769. The minimum absolute atomic E-state index is 0.0362. The van der Waals surface area contributed by atoms with Gasteiger partial charge in [0.25, 0.3) is 0 Å². The number of nitro benzene ring substituents is 1. The van der Waals surface area contributed by atoms with Gasteiger partial charge in [-0.2, -0.15) is 0 Å². The highest BCUT2D eigenvalue weighted by molar-refractivity contribution is 6.33. The Morgan fingerprint density at radius 2 is 1.89 bits per heavy atom. The number of nitrogens with zero attached hydrogens (tertiary/aromatic N) is 1. The van der Waals surface area contributed by atoms with Gasteiger partial charge in [-0.3, -0.25) is 10.1 Å². The van der Waals surface area contributed by atoms with Crippen molar-refractivity contribution in [2.24, 2.45) is 0 Å². The summed E-state index contributed by atoms with van der Waals surface area (Å²) in [4.78, 5) is 10.4. The molecule has 2 aromatic carbocycles. The average Bonchev–Trinajstić information content (AvgIpc) is 2.32. The van der Waals surface area contributed by atoms with Gasteiger partial charge in [-0.1, -0.05) is 29.3 Å². The van der Waals surface area contributed by atoms with Crippen LogP contribution in [0.25, 0.3) is 0 Å². The third-order valence-corrected chi connectivity index (χ3v) is 3.03. The predicted octanol–water partition coefficient (Wildman–Crippen LogP) is 5.00. The molecule has 2 aromatic rings. The summed E-state index contributed by atoms with van der Waals surface area (Å²) in [6.45, 7) is 1.80. The minimum Gasteiger partial charge on any atom is -0.450 e. The van der Waals surface area contributed by atoms with E-state index in [1.807, 2.05) is 0 Å². The number of halogens is 2. The number of rotatable bonds is 3. The van der Waals surface area contributed by atoms with Crippen LogP contribution in [0.5, 0.6) is 11.5 Å². The Morgan fingerprint density at radius 1 is 1.16 bits per heavy atom. The van der Waals surface area contributed by atoms with Crippen LogP contribution in [0, 0.1) is 17.0 Å². The molecule has 6 heteroatoms. The number of aryl methyl sites for hydroxylation is 1. The fourth-order valence-corrected chi connectivity index (χ4v) is 2.06. The number of hydrogen-bond acceptors (Lipinski definition) is 3. The third kappa shape index (κ3) is 2.97. The molecule has 0 saturated carbocycles. The first-order valence-corrected chi connectivity index (χ1v) is 6.11. The zero-order valence-electron chi connectivity index (χ0n) is 9.89. The van der Waals surface area contributed by atoms with Crippen molar-refractivity contribution in [3.63, 3.8) is 0 Å². The van der Waals surface area contributed by atoms with Crippen LogP contribution in [0.2, 0.25) is 10.0 Å². The Morgan fingerprint density at radius 3 is 2.53 bits per heavy atom. The molecule has 0 bridgehead atoms. The molecule has 0 radical (unpaired) electrons. The first kappa shape index (κ1) is 13.6. The molecule has 0 aromatic heterocycles. The van der Waals surface area contributed by atoms with Gasteiger partial charge >= 0.3 is 5.69 Å². The van der Waals surface area contributed by atoms with E-state index >= 15 is 0 Å². The molecule has 0 aliphatic rings. The second-order valence-electron chi connectivity index (χ2n) is 3.86. The molecule has 0 unspecified atom stereocenters. The van der Waals surface area contributed by atoms with E-state index in [1.165, 1.54) is 12.1 Å². The van der Waals surface area contributed by atoms with E-state index in [0.29, 0.717) is 10.8 Å². The van der Waals surface area contributed by atoms with Crippen LogP contribution in [0.1, 0.15) is 5.56 Å². The zero-order chi connectivity index (χ0) is 14.0. The van der Waals surface area contributed by atoms with Crippen LogP contribution in [0.3, 0.4) is 0 Å². The molecule has 0 atom stereocenters. The van der Waals surface area contributed by atoms with Crippen molar-refractivity contribution in [1.29, 1.82) is 0 Å². The standard InChI is InChI=1S/C13H9Cl2NO3/c1-8-7-9(14)5-6-11(8)19-12-4-2-3-10(15)13(12)16(17)18/h2-7H,1H3. The third-order valence-electron chi connectivity index (χ3n) is 2.49. The fourth-order valence-electron chi connectivity index (χ4n) is 1.60. The monoisotopic (exact) mass is 297 g/mol. The first-order chi connectivity index (χ1) is 8.99. The van der Waals surface area contributed by atoms with Gasteiger partial charge in [0.2, 0.25) is 5.75 Å². The molecule has 0 saturated heterocycles. The number of nitro groups is 1. The van der Waals surface area contributed by atoms with E-state index < -0.39 is 4.92 Å². The first-order valence-electron chi connectivity index (χ1n) is 5.36. The highest BCUT2D eigenvalue weighted by atomic mass is 35.5. The Labute approximate surface area is 119 Å². The average molecular weight is 298 g/mol. The van der Waals surface area contributed by atoms with Gasteiger partial charge in [0.1, 0.15) is 10.8 Å². The normalized spacial score (nSPS) is 10.3. The van der Waals surface area contributed by atoms with E-state index in [0.717, 1.165) is 5.56 Å². The Kier molecular flexibility index (Phi) is 3.93. The van der Waals surface area contributed by atoms with Crippen LogP contribution < -0.4 is 4.74 Å². The van der Waals surface area contributed by atoms with Crippen LogP contribution in [0.15, 0.2) is 36.4 Å². The van der Waals surface area contributed by atoms with Gasteiger partial charge in [0.05, 0.1) is 4.92 Å². The molecule has 4 nitrogen and oxygen atoms in total. The van der Waals surface area contributed by atoms with Crippen molar-refractivity contribution in [3.05, 3.63) is 62.1 Å². The van der Waals surface area contributed by atoms with Crippen LogP contribution in [-0.2, 0) is 0 Å². The molecule has 0 spiro atoms. The van der Waals surface area contributed by atoms with Crippen molar-refractivity contribution in [2.75, 3.05) is 0 Å².